The Labute approximate surface area is 123 Å². The van der Waals surface area contributed by atoms with E-state index < -0.39 is 21.6 Å². The summed E-state index contributed by atoms with van der Waals surface area (Å²) in [5.41, 5.74) is 0.894. The van der Waals surface area contributed by atoms with E-state index in [1.807, 2.05) is 31.1 Å². The van der Waals surface area contributed by atoms with Gasteiger partial charge in [0.25, 0.3) is 0 Å². The van der Waals surface area contributed by atoms with Gasteiger partial charge in [-0.2, -0.15) is 5.90 Å². The third kappa shape index (κ3) is 2.98. The van der Waals surface area contributed by atoms with Crippen molar-refractivity contribution in [2.45, 2.75) is 4.90 Å². The average molecular weight is 308 g/mol. The van der Waals surface area contributed by atoms with Crippen molar-refractivity contribution in [2.24, 2.45) is 5.90 Å². The van der Waals surface area contributed by atoms with E-state index in [-0.39, 0.29) is 4.90 Å². The smallest absolute Gasteiger partial charge is 0.339 e. The molecule has 0 aliphatic rings. The summed E-state index contributed by atoms with van der Waals surface area (Å²) in [4.78, 5) is 17.1. The predicted molar refractivity (Wildman–Crippen MR) is 80.6 cm³/mol. The van der Waals surface area contributed by atoms with Crippen LogP contribution in [0.2, 0.25) is 0 Å². The van der Waals surface area contributed by atoms with Crippen molar-refractivity contribution in [3.05, 3.63) is 36.4 Å². The topological polar surface area (TPSA) is 89.7 Å². The quantitative estimate of drug-likeness (QED) is 0.851. The van der Waals surface area contributed by atoms with E-state index in [0.29, 0.717) is 5.39 Å². The van der Waals surface area contributed by atoms with Gasteiger partial charge in [0.2, 0.25) is 0 Å². The Morgan fingerprint density at radius 3 is 2.38 bits per heavy atom. The van der Waals surface area contributed by atoms with E-state index in [9.17, 15) is 13.2 Å². The lowest BCUT2D eigenvalue weighted by atomic mass is 10.1. The Hall–Kier alpha value is -2.12. The van der Waals surface area contributed by atoms with Gasteiger partial charge in [-0.3, -0.25) is 0 Å². The molecule has 0 unspecified atom stereocenters. The molecule has 21 heavy (non-hydrogen) atoms. The van der Waals surface area contributed by atoms with Crippen LogP contribution in [0.25, 0.3) is 10.8 Å². The monoisotopic (exact) mass is 308 g/mol. The van der Waals surface area contributed by atoms with E-state index in [4.69, 9.17) is 5.90 Å². The summed E-state index contributed by atoms with van der Waals surface area (Å²) in [5.74, 6) is 2.94. The number of rotatable bonds is 4. The van der Waals surface area contributed by atoms with Crippen molar-refractivity contribution in [2.75, 3.05) is 24.7 Å². The summed E-state index contributed by atoms with van der Waals surface area (Å²) in [7, 11) is -0.0603. The third-order valence-electron chi connectivity index (χ3n) is 3.12. The maximum atomic E-state index is 12.3. The number of nitrogens with zero attached hydrogens (tertiary/aromatic N) is 1. The zero-order valence-corrected chi connectivity index (χ0v) is 12.6. The molecular formula is C14H16N2O4S. The van der Waals surface area contributed by atoms with Gasteiger partial charge in [-0.25, -0.2) is 13.2 Å². The number of nitrogens with two attached hydrogens (primary N) is 1. The van der Waals surface area contributed by atoms with Crippen molar-refractivity contribution in [3.63, 3.8) is 0 Å². The highest BCUT2D eigenvalue weighted by Gasteiger charge is 2.22. The van der Waals surface area contributed by atoms with Crippen LogP contribution in [0.4, 0.5) is 5.69 Å². The molecule has 6 nitrogen and oxygen atoms in total. The second kappa shape index (κ2) is 5.71. The molecule has 0 saturated carbocycles. The molecule has 2 rings (SSSR count). The van der Waals surface area contributed by atoms with Gasteiger partial charge in [-0.1, -0.05) is 24.3 Å². The molecule has 0 aromatic heterocycles. The molecule has 7 heteroatoms. The Morgan fingerprint density at radius 1 is 1.14 bits per heavy atom. The minimum absolute atomic E-state index is 0.0918. The van der Waals surface area contributed by atoms with Crippen LogP contribution in [0.1, 0.15) is 0 Å². The number of carbonyl (C=O) groups excluding carboxylic acids is 1. The van der Waals surface area contributed by atoms with E-state index in [0.717, 1.165) is 11.1 Å². The van der Waals surface area contributed by atoms with E-state index in [1.165, 1.54) is 6.07 Å². The molecule has 0 heterocycles. The first-order valence-electron chi connectivity index (χ1n) is 6.18. The number of hydrogen-bond acceptors (Lipinski definition) is 6. The maximum absolute atomic E-state index is 12.3. The number of anilines is 1. The van der Waals surface area contributed by atoms with Gasteiger partial charge in [0.15, 0.2) is 15.6 Å². The highest BCUT2D eigenvalue weighted by atomic mass is 32.2. The summed E-state index contributed by atoms with van der Waals surface area (Å²) in [6.07, 6.45) is 0. The summed E-state index contributed by atoms with van der Waals surface area (Å²) in [5, 5.41) is 1.36. The van der Waals surface area contributed by atoms with Crippen LogP contribution < -0.4 is 10.8 Å². The van der Waals surface area contributed by atoms with Gasteiger partial charge in [0.05, 0.1) is 4.90 Å². The summed E-state index contributed by atoms with van der Waals surface area (Å²) < 4.78 is 24.7. The fourth-order valence-electron chi connectivity index (χ4n) is 2.19. The van der Waals surface area contributed by atoms with E-state index in [2.05, 4.69) is 4.84 Å². The molecule has 0 radical (unpaired) electrons. The Balaban J connectivity index is 2.66. The van der Waals surface area contributed by atoms with Gasteiger partial charge in [0.1, 0.15) is 0 Å². The lowest BCUT2D eigenvalue weighted by Gasteiger charge is -2.16. The molecule has 2 aromatic rings. The molecule has 2 N–H and O–H groups in total. The summed E-state index contributed by atoms with van der Waals surface area (Å²) in [6, 6.07) is 10.3. The second-order valence-electron chi connectivity index (χ2n) is 4.77. The minimum atomic E-state index is -3.81. The van der Waals surface area contributed by atoms with Crippen LogP contribution in [0.15, 0.2) is 41.3 Å². The maximum Gasteiger partial charge on any atom is 0.339 e. The SMILES string of the molecule is CN(C)c1cccc2c(S(=O)(=O)CC(=O)ON)cccc12. The van der Waals surface area contributed by atoms with Gasteiger partial charge in [-0.15, -0.1) is 0 Å². The zero-order chi connectivity index (χ0) is 15.6. The highest BCUT2D eigenvalue weighted by molar-refractivity contribution is 7.92. The molecular weight excluding hydrogens is 292 g/mol. The number of carbonyl (C=O) groups is 1. The molecule has 0 aliphatic carbocycles. The molecule has 112 valence electrons. The number of sulfone groups is 1. The van der Waals surface area contributed by atoms with Crippen LogP contribution in [-0.4, -0.2) is 34.2 Å². The molecule has 0 bridgehead atoms. The molecule has 2 aromatic carbocycles. The van der Waals surface area contributed by atoms with Crippen LogP contribution in [-0.2, 0) is 19.5 Å². The lowest BCUT2D eigenvalue weighted by Crippen LogP contribution is -2.21. The summed E-state index contributed by atoms with van der Waals surface area (Å²) >= 11 is 0. The van der Waals surface area contributed by atoms with E-state index >= 15 is 0 Å². The molecule has 0 spiro atoms. The van der Waals surface area contributed by atoms with Gasteiger partial charge in [-0.05, 0) is 12.1 Å². The molecule has 0 aliphatic heterocycles. The first-order chi connectivity index (χ1) is 9.86. The number of hydrogen-bond donors (Lipinski definition) is 1. The van der Waals surface area contributed by atoms with Gasteiger partial charge < -0.3 is 9.74 Å². The number of benzene rings is 2. The van der Waals surface area contributed by atoms with Crippen molar-refractivity contribution in [3.8, 4) is 0 Å². The van der Waals surface area contributed by atoms with Crippen LogP contribution >= 0.6 is 0 Å². The third-order valence-corrected chi connectivity index (χ3v) is 4.76. The Morgan fingerprint density at radius 2 is 1.76 bits per heavy atom. The fourth-order valence-corrected chi connectivity index (χ4v) is 3.53. The first-order valence-corrected chi connectivity index (χ1v) is 7.83. The van der Waals surface area contributed by atoms with Crippen LogP contribution in [0.5, 0.6) is 0 Å². The zero-order valence-electron chi connectivity index (χ0n) is 11.7. The standard InChI is InChI=1S/C14H16N2O4S/c1-16(2)12-7-3-6-11-10(12)5-4-8-13(11)21(18,19)9-14(17)20-15/h3-8H,9,15H2,1-2H3. The Bertz CT molecular complexity index is 785. The molecule has 0 atom stereocenters. The van der Waals surface area contributed by atoms with Gasteiger partial charge >= 0.3 is 5.97 Å². The molecule has 0 fully saturated rings. The first kappa shape index (κ1) is 15.3. The molecule has 0 amide bonds. The van der Waals surface area contributed by atoms with Crippen LogP contribution in [0, 0.1) is 0 Å². The Kier molecular flexibility index (Phi) is 4.15. The predicted octanol–water partition coefficient (Wildman–Crippen LogP) is 1.10. The van der Waals surface area contributed by atoms with Crippen molar-refractivity contribution < 1.29 is 18.0 Å². The minimum Gasteiger partial charge on any atom is -0.377 e. The normalized spacial score (nSPS) is 11.4. The van der Waals surface area contributed by atoms with Crippen molar-refractivity contribution in [1.29, 1.82) is 0 Å². The lowest BCUT2D eigenvalue weighted by molar-refractivity contribution is -0.141. The number of fused-ring (bicyclic) bond motifs is 1. The van der Waals surface area contributed by atoms with Crippen molar-refractivity contribution in [1.82, 2.24) is 0 Å². The summed E-state index contributed by atoms with van der Waals surface area (Å²) in [6.45, 7) is 0. The largest absolute Gasteiger partial charge is 0.377 e. The highest BCUT2D eigenvalue weighted by Crippen LogP contribution is 2.30. The second-order valence-corrected chi connectivity index (χ2v) is 6.73. The molecule has 0 saturated heterocycles. The van der Waals surface area contributed by atoms with Gasteiger partial charge in [0, 0.05) is 30.6 Å². The van der Waals surface area contributed by atoms with Crippen LogP contribution in [0.3, 0.4) is 0 Å². The van der Waals surface area contributed by atoms with E-state index in [1.54, 1.807) is 18.2 Å². The van der Waals surface area contributed by atoms with Crippen molar-refractivity contribution >= 4 is 32.3 Å². The average Bonchev–Trinajstić information content (AvgIpc) is 2.45. The fraction of sp³-hybridized carbons (Fsp3) is 0.214.